The van der Waals surface area contributed by atoms with Crippen LogP contribution in [0.2, 0.25) is 0 Å². The molecule has 1 fully saturated rings. The van der Waals surface area contributed by atoms with E-state index < -0.39 is 0 Å². The van der Waals surface area contributed by atoms with E-state index in [9.17, 15) is 9.59 Å². The predicted octanol–water partition coefficient (Wildman–Crippen LogP) is 3.83. The van der Waals surface area contributed by atoms with Gasteiger partial charge in [0.25, 0.3) is 11.8 Å². The van der Waals surface area contributed by atoms with Crippen molar-refractivity contribution in [3.05, 3.63) is 64.1 Å². The van der Waals surface area contributed by atoms with Crippen LogP contribution in [-0.2, 0) is 0 Å². The number of nitrogens with one attached hydrogen (secondary N) is 1. The molecule has 166 valence electrons. The average molecular weight is 453 g/mol. The van der Waals surface area contributed by atoms with Crippen LogP contribution in [0, 0.1) is 0 Å². The summed E-state index contributed by atoms with van der Waals surface area (Å²) in [5, 5.41) is 12.2. The fourth-order valence-corrected chi connectivity index (χ4v) is 4.54. The van der Waals surface area contributed by atoms with Crippen molar-refractivity contribution in [3.63, 3.8) is 0 Å². The van der Waals surface area contributed by atoms with Gasteiger partial charge in [-0.2, -0.15) is 0 Å². The number of aromatic nitrogens is 2. The van der Waals surface area contributed by atoms with E-state index in [0.29, 0.717) is 40.8 Å². The number of ether oxygens (including phenoxy) is 2. The fourth-order valence-electron chi connectivity index (χ4n) is 3.67. The summed E-state index contributed by atoms with van der Waals surface area (Å²) in [4.78, 5) is 27.5. The number of amides is 2. The molecule has 32 heavy (non-hydrogen) atoms. The number of carbonyl (C=O) groups is 2. The normalized spacial score (nSPS) is 15.8. The minimum Gasteiger partial charge on any atom is -0.497 e. The average Bonchev–Trinajstić information content (AvgIpc) is 3.34. The quantitative estimate of drug-likeness (QED) is 0.611. The predicted molar refractivity (Wildman–Crippen MR) is 122 cm³/mol. The number of carbonyl (C=O) groups excluding carboxylic acids is 2. The molecular formula is C23H24N4O4S. The molecule has 1 atom stereocenters. The monoisotopic (exact) mass is 452 g/mol. The summed E-state index contributed by atoms with van der Waals surface area (Å²) in [5.41, 5.74) is 1.22. The Morgan fingerprint density at radius 2 is 1.78 bits per heavy atom. The zero-order valence-corrected chi connectivity index (χ0v) is 18.7. The van der Waals surface area contributed by atoms with Crippen molar-refractivity contribution in [1.29, 1.82) is 0 Å². The molecule has 2 heterocycles. The van der Waals surface area contributed by atoms with Crippen LogP contribution in [0.3, 0.4) is 0 Å². The number of hydrogen-bond donors (Lipinski definition) is 1. The topological polar surface area (TPSA) is 93.7 Å². The third-order valence-corrected chi connectivity index (χ3v) is 6.41. The number of nitrogens with zero attached hydrogens (tertiary/aromatic N) is 3. The second-order valence-corrected chi connectivity index (χ2v) is 8.47. The fraction of sp³-hybridized carbons (Fsp3) is 0.304. The molecule has 1 aliphatic rings. The Labute approximate surface area is 190 Å². The third-order valence-electron chi connectivity index (χ3n) is 5.32. The summed E-state index contributed by atoms with van der Waals surface area (Å²) in [7, 11) is 3.11. The molecule has 0 unspecified atom stereocenters. The van der Waals surface area contributed by atoms with Gasteiger partial charge < -0.3 is 19.7 Å². The molecule has 0 aliphatic carbocycles. The Kier molecular flexibility index (Phi) is 6.65. The maximum Gasteiger partial charge on any atom is 0.286 e. The molecule has 1 saturated heterocycles. The van der Waals surface area contributed by atoms with Gasteiger partial charge in [0.05, 0.1) is 14.2 Å². The highest BCUT2D eigenvalue weighted by atomic mass is 32.1. The van der Waals surface area contributed by atoms with Crippen LogP contribution < -0.4 is 14.8 Å². The van der Waals surface area contributed by atoms with Crippen molar-refractivity contribution < 1.29 is 19.1 Å². The van der Waals surface area contributed by atoms with Gasteiger partial charge in [0, 0.05) is 36.3 Å². The van der Waals surface area contributed by atoms with Crippen molar-refractivity contribution in [3.8, 4) is 11.5 Å². The van der Waals surface area contributed by atoms with Gasteiger partial charge in [0.1, 0.15) is 16.5 Å². The van der Waals surface area contributed by atoms with Crippen molar-refractivity contribution in [2.75, 3.05) is 32.6 Å². The number of hydrogen-bond acceptors (Lipinski definition) is 7. The van der Waals surface area contributed by atoms with E-state index in [2.05, 4.69) is 15.5 Å². The lowest BCUT2D eigenvalue weighted by Crippen LogP contribution is -2.39. The zero-order valence-electron chi connectivity index (χ0n) is 17.9. The number of rotatable bonds is 6. The lowest BCUT2D eigenvalue weighted by Gasteiger charge is -2.31. The molecule has 0 saturated carbocycles. The van der Waals surface area contributed by atoms with Crippen molar-refractivity contribution in [2.24, 2.45) is 0 Å². The highest BCUT2D eigenvalue weighted by Gasteiger charge is 2.29. The molecule has 0 spiro atoms. The van der Waals surface area contributed by atoms with Crippen LogP contribution in [0.25, 0.3) is 0 Å². The Hall–Kier alpha value is -3.46. The summed E-state index contributed by atoms with van der Waals surface area (Å²) < 4.78 is 10.6. The van der Waals surface area contributed by atoms with Crippen LogP contribution in [0.1, 0.15) is 43.9 Å². The Bertz CT molecular complexity index is 1080. The van der Waals surface area contributed by atoms with Gasteiger partial charge in [-0.25, -0.2) is 0 Å². The second-order valence-electron chi connectivity index (χ2n) is 7.46. The zero-order chi connectivity index (χ0) is 22.5. The largest absolute Gasteiger partial charge is 0.497 e. The van der Waals surface area contributed by atoms with Crippen LogP contribution in [0.15, 0.2) is 48.5 Å². The van der Waals surface area contributed by atoms with E-state index in [1.54, 1.807) is 32.4 Å². The molecule has 4 rings (SSSR count). The minimum atomic E-state index is -0.285. The van der Waals surface area contributed by atoms with Gasteiger partial charge in [-0.05, 0) is 37.1 Å². The SMILES string of the molecule is COc1cc(OC)cc(C(=O)N2CCC[C@@H](c3nnc(C(=O)Nc4ccccc4)s3)C2)c1. The lowest BCUT2D eigenvalue weighted by atomic mass is 9.98. The Balaban J connectivity index is 1.45. The van der Waals surface area contributed by atoms with Crippen molar-refractivity contribution >= 4 is 28.8 Å². The molecule has 9 heteroatoms. The molecule has 3 aromatic rings. The van der Waals surface area contributed by atoms with E-state index >= 15 is 0 Å². The van der Waals surface area contributed by atoms with Crippen LogP contribution in [0.5, 0.6) is 11.5 Å². The smallest absolute Gasteiger partial charge is 0.286 e. The molecule has 2 aromatic carbocycles. The molecule has 2 amide bonds. The summed E-state index contributed by atoms with van der Waals surface area (Å²) in [6.45, 7) is 1.18. The minimum absolute atomic E-state index is 0.0379. The Morgan fingerprint density at radius 1 is 1.06 bits per heavy atom. The maximum absolute atomic E-state index is 13.1. The lowest BCUT2D eigenvalue weighted by molar-refractivity contribution is 0.0706. The van der Waals surface area contributed by atoms with Gasteiger partial charge >= 0.3 is 0 Å². The number of piperidine rings is 1. The first-order valence-corrected chi connectivity index (χ1v) is 11.1. The first-order chi connectivity index (χ1) is 15.6. The number of methoxy groups -OCH3 is 2. The highest BCUT2D eigenvalue weighted by molar-refractivity contribution is 7.13. The van der Waals surface area contributed by atoms with Gasteiger partial charge in [0.15, 0.2) is 0 Å². The number of anilines is 1. The number of benzene rings is 2. The van der Waals surface area contributed by atoms with Gasteiger partial charge in [-0.3, -0.25) is 9.59 Å². The Morgan fingerprint density at radius 3 is 2.47 bits per heavy atom. The van der Waals surface area contributed by atoms with Gasteiger partial charge in [0.2, 0.25) is 5.01 Å². The second kappa shape index (κ2) is 9.78. The summed E-state index contributed by atoms with van der Waals surface area (Å²) >= 11 is 1.28. The van der Waals surface area contributed by atoms with E-state index in [1.165, 1.54) is 11.3 Å². The summed E-state index contributed by atoms with van der Waals surface area (Å²) in [6, 6.07) is 14.4. The molecule has 8 nitrogen and oxygen atoms in total. The van der Waals surface area contributed by atoms with E-state index in [4.69, 9.17) is 9.47 Å². The van der Waals surface area contributed by atoms with E-state index in [1.807, 2.05) is 35.2 Å². The highest BCUT2D eigenvalue weighted by Crippen LogP contribution is 2.31. The van der Waals surface area contributed by atoms with E-state index in [-0.39, 0.29) is 17.7 Å². The molecule has 1 aliphatic heterocycles. The molecule has 1 N–H and O–H groups in total. The van der Waals surface area contributed by atoms with Gasteiger partial charge in [-0.15, -0.1) is 10.2 Å². The maximum atomic E-state index is 13.1. The number of likely N-dealkylation sites (tertiary alicyclic amines) is 1. The molecule has 0 radical (unpaired) electrons. The summed E-state index contributed by atoms with van der Waals surface area (Å²) in [6.07, 6.45) is 1.74. The molecule has 0 bridgehead atoms. The van der Waals surface area contributed by atoms with E-state index in [0.717, 1.165) is 17.8 Å². The first kappa shape index (κ1) is 21.8. The standard InChI is InChI=1S/C23H24N4O4S/c1-30-18-11-16(12-19(13-18)31-2)23(29)27-10-6-7-15(14-27)21-25-26-22(32-21)20(28)24-17-8-4-3-5-9-17/h3-5,8-9,11-13,15H,6-7,10,14H2,1-2H3,(H,24,28)/t15-/m1/s1. The molecule has 1 aromatic heterocycles. The van der Waals surface area contributed by atoms with Crippen LogP contribution >= 0.6 is 11.3 Å². The summed E-state index contributed by atoms with van der Waals surface area (Å²) in [5.74, 6) is 0.806. The van der Waals surface area contributed by atoms with Crippen molar-refractivity contribution in [2.45, 2.75) is 18.8 Å². The molecular weight excluding hydrogens is 428 g/mol. The third kappa shape index (κ3) is 4.88. The first-order valence-electron chi connectivity index (χ1n) is 10.3. The number of para-hydroxylation sites is 1. The van der Waals surface area contributed by atoms with Crippen molar-refractivity contribution in [1.82, 2.24) is 15.1 Å². The van der Waals surface area contributed by atoms with Crippen LogP contribution in [-0.4, -0.2) is 54.2 Å². The van der Waals surface area contributed by atoms with Crippen LogP contribution in [0.4, 0.5) is 5.69 Å². The van der Waals surface area contributed by atoms with Gasteiger partial charge in [-0.1, -0.05) is 29.5 Å².